The van der Waals surface area contributed by atoms with Crippen molar-refractivity contribution >= 4 is 40.9 Å². The van der Waals surface area contributed by atoms with Crippen molar-refractivity contribution < 1.29 is 13.3 Å². The molecule has 0 bridgehead atoms. The van der Waals surface area contributed by atoms with Crippen LogP contribution in [0.15, 0.2) is 0 Å². The molecule has 2 N–H and O–H groups in total. The molecule has 6 heteroatoms. The molecule has 3 radical (unpaired) electrons. The number of hydrogen-bond acceptors (Lipinski definition) is 1. The Hall–Kier alpha value is 1.03. The fourth-order valence-electron chi connectivity index (χ4n) is 0. The first kappa shape index (κ1) is 15.7. The van der Waals surface area contributed by atoms with Gasteiger partial charge < -0.3 is 0 Å². The van der Waals surface area contributed by atoms with Gasteiger partial charge in [-0.25, -0.2) is 0 Å². The maximum absolute atomic E-state index is 8.67. The molecule has 4 nitrogen and oxygen atoms in total. The Morgan fingerprint density at radius 2 is 1.33 bits per heavy atom. The van der Waals surface area contributed by atoms with E-state index in [1.54, 1.807) is 0 Å². The normalized spacial score (nSPS) is 5.83. The average Bonchev–Trinajstić information content (AvgIpc) is 0.811. The van der Waals surface area contributed by atoms with E-state index in [2.05, 4.69) is 0 Å². The summed E-state index contributed by atoms with van der Waals surface area (Å²) in [5.41, 5.74) is 0. The molecule has 0 aromatic carbocycles. The van der Waals surface area contributed by atoms with Crippen LogP contribution in [0.4, 0.5) is 0 Å². The van der Waals surface area contributed by atoms with E-state index in [-0.39, 0.29) is 35.7 Å². The molecular weight excluding hydrogens is 117 g/mol. The molecule has 0 saturated heterocycles. The summed E-state index contributed by atoms with van der Waals surface area (Å²) in [6.07, 6.45) is 0. The molecule has 6 heavy (non-hydrogen) atoms. The summed E-state index contributed by atoms with van der Waals surface area (Å²) in [6, 6.07) is 0. The van der Waals surface area contributed by atoms with E-state index in [1.165, 1.54) is 0 Å². The molecule has 0 aliphatic carbocycles. The molecule has 0 spiro atoms. The van der Waals surface area contributed by atoms with Crippen molar-refractivity contribution in [2.45, 2.75) is 0 Å². The average molecular weight is 120 g/mol. The van der Waals surface area contributed by atoms with Crippen LogP contribution in [-0.2, 0) is 11.4 Å². The van der Waals surface area contributed by atoms with Crippen LogP contribution in [0.5, 0.6) is 0 Å². The van der Waals surface area contributed by atoms with E-state index in [0.29, 0.717) is 0 Å². The monoisotopic (exact) mass is 120 g/mol. The van der Waals surface area contributed by atoms with Crippen LogP contribution >= 0.6 is 0 Å². The van der Waals surface area contributed by atoms with Crippen molar-refractivity contribution in [3.63, 3.8) is 0 Å². The van der Waals surface area contributed by atoms with Crippen molar-refractivity contribution in [3.05, 3.63) is 0 Å². The summed E-state index contributed by atoms with van der Waals surface area (Å²) in [7, 11) is 0. The van der Waals surface area contributed by atoms with Gasteiger partial charge in [0.2, 0.25) is 0 Å². The molecule has 0 aliphatic rings. The Labute approximate surface area is 60.3 Å². The van der Waals surface area contributed by atoms with Gasteiger partial charge in [0.1, 0.15) is 0 Å². The predicted molar refractivity (Wildman–Crippen MR) is 22.7 cm³/mol. The Morgan fingerprint density at radius 3 is 1.33 bits per heavy atom. The first-order chi connectivity index (χ1) is 1.73. The van der Waals surface area contributed by atoms with E-state index in [1.807, 2.05) is 0 Å². The number of nitrogens with zero attached hydrogens (tertiary/aromatic N) is 1. The van der Waals surface area contributed by atoms with Crippen molar-refractivity contribution in [1.29, 1.82) is 0 Å². The Morgan fingerprint density at radius 1 is 1.33 bits per heavy atom. The fourth-order valence-corrected chi connectivity index (χ4v) is 0. The summed E-state index contributed by atoms with van der Waals surface area (Å²) >= 11 is -2.61. The zero-order valence-electron chi connectivity index (χ0n) is 2.16. The molecule has 0 heterocycles. The minimum atomic E-state index is -2.61. The van der Waals surface area contributed by atoms with Crippen molar-refractivity contribution in [2.24, 2.45) is 0 Å². The molecule has 0 unspecified atom stereocenters. The third-order valence-electron chi connectivity index (χ3n) is 0. The van der Waals surface area contributed by atoms with Crippen molar-refractivity contribution in [3.8, 4) is 0 Å². The first-order valence-electron chi connectivity index (χ1n) is 0.532. The molecule has 0 aliphatic heterocycles. The van der Waals surface area contributed by atoms with Crippen LogP contribution in [0.2, 0.25) is 0 Å². The molecule has 0 atom stereocenters. The maximum atomic E-state index is 8.67. The van der Waals surface area contributed by atoms with Gasteiger partial charge in [0.05, 0.1) is 0 Å². The molecule has 33 valence electrons. The zero-order chi connectivity index (χ0) is 3.58. The van der Waals surface area contributed by atoms with Gasteiger partial charge in [0.25, 0.3) is 11.4 Å². The third-order valence-corrected chi connectivity index (χ3v) is 0. The van der Waals surface area contributed by atoms with Crippen LogP contribution in [0.3, 0.4) is 0 Å². The summed E-state index contributed by atoms with van der Waals surface area (Å²) in [6.45, 7) is 0. The van der Waals surface area contributed by atoms with Gasteiger partial charge in [0.15, 0.2) is 0 Å². The molecule has 0 aromatic heterocycles. The van der Waals surface area contributed by atoms with Crippen LogP contribution in [-0.4, -0.2) is 42.9 Å². The summed E-state index contributed by atoms with van der Waals surface area (Å²) < 4.78 is 22.8. The molecule has 0 aromatic rings. The van der Waals surface area contributed by atoms with E-state index in [9.17, 15) is 0 Å². The van der Waals surface area contributed by atoms with Crippen molar-refractivity contribution in [1.82, 2.24) is 6.15 Å². The Bertz CT molecular complexity index is 33.8. The first-order valence-corrected chi connectivity index (χ1v) is 1.60. The van der Waals surface area contributed by atoms with Gasteiger partial charge in [-0.2, -0.15) is 4.21 Å². The van der Waals surface area contributed by atoms with Crippen molar-refractivity contribution in [2.75, 3.05) is 0 Å². The van der Waals surface area contributed by atoms with E-state index >= 15 is 0 Å². The van der Waals surface area contributed by atoms with E-state index in [0.717, 1.165) is 0 Å². The molecule has 0 fully saturated rings. The molecule has 0 rings (SSSR count). The summed E-state index contributed by atoms with van der Waals surface area (Å²) in [4.78, 5) is 0. The second-order valence-electron chi connectivity index (χ2n) is 0.231. The SMILES string of the molecule is O=S(O)O.[N].[NaH]. The second-order valence-corrected chi connectivity index (χ2v) is 0.692. The Kier molecular flexibility index (Phi) is 24.6. The minimum absolute atomic E-state index is 0. The molecule has 0 amide bonds. The van der Waals surface area contributed by atoms with E-state index < -0.39 is 11.4 Å². The second kappa shape index (κ2) is 9.39. The van der Waals surface area contributed by atoms with Crippen LogP contribution in [0.25, 0.3) is 0 Å². The van der Waals surface area contributed by atoms with Crippen LogP contribution in [0, 0.1) is 0 Å². The standard InChI is InChI=1S/N.Na.H2O3S.H/c;;1-4(2)3;/h;;(H2,1,2,3);. The van der Waals surface area contributed by atoms with Gasteiger partial charge in [-0.1, -0.05) is 0 Å². The number of rotatable bonds is 0. The van der Waals surface area contributed by atoms with Gasteiger partial charge in [-0.3, -0.25) is 9.11 Å². The zero-order valence-corrected chi connectivity index (χ0v) is 2.97. The van der Waals surface area contributed by atoms with Gasteiger partial charge in [-0.05, 0) is 0 Å². The van der Waals surface area contributed by atoms with Gasteiger partial charge in [0, 0.05) is 6.15 Å². The third kappa shape index (κ3) is 77.0. The quantitative estimate of drug-likeness (QED) is 0.303. The fraction of sp³-hybridized carbons (Fsp3) is 0. The Balaban J connectivity index is -0.0000000450. The molecule has 0 saturated carbocycles. The van der Waals surface area contributed by atoms with Gasteiger partial charge in [-0.15, -0.1) is 0 Å². The van der Waals surface area contributed by atoms with E-state index in [4.69, 9.17) is 13.3 Å². The van der Waals surface area contributed by atoms with Crippen LogP contribution in [0.1, 0.15) is 0 Å². The predicted octanol–water partition coefficient (Wildman–Crippen LogP) is -1.45. The summed E-state index contributed by atoms with van der Waals surface area (Å²) in [5.74, 6) is 0. The topological polar surface area (TPSA) is 88.0 Å². The summed E-state index contributed by atoms with van der Waals surface area (Å²) in [5, 5.41) is 0. The van der Waals surface area contributed by atoms with Crippen LogP contribution < -0.4 is 6.15 Å². The number of hydrogen-bond donors (Lipinski definition) is 2. The van der Waals surface area contributed by atoms with Gasteiger partial charge >= 0.3 is 29.6 Å². The molecular formula is H3NNaO3S.